The number of hydrogen-bond acceptors (Lipinski definition) is 8. The van der Waals surface area contributed by atoms with Crippen molar-refractivity contribution in [2.45, 2.75) is 49.7 Å². The molecule has 0 unspecified atom stereocenters. The summed E-state index contributed by atoms with van der Waals surface area (Å²) in [6.07, 6.45) is 4.56. The number of nitrogens with zero attached hydrogens (tertiary/aromatic N) is 4. The number of aromatic nitrogens is 3. The molecule has 0 radical (unpaired) electrons. The van der Waals surface area contributed by atoms with Crippen LogP contribution in [0.25, 0.3) is 11.5 Å². The molecule has 32 heavy (non-hydrogen) atoms. The van der Waals surface area contributed by atoms with E-state index in [-0.39, 0.29) is 12.5 Å². The topological polar surface area (TPSA) is 98.4 Å². The normalized spacial score (nSPS) is 16.4. The highest BCUT2D eigenvalue weighted by Gasteiger charge is 2.34. The predicted molar refractivity (Wildman–Crippen MR) is 120 cm³/mol. The molecule has 0 bridgehead atoms. The summed E-state index contributed by atoms with van der Waals surface area (Å²) < 4.78 is 11.2. The zero-order chi connectivity index (χ0) is 22.7. The SMILES string of the molecule is CC(C)(C)OC(=O)CN1C(=O)[C@@H](Sc2nnc(-c3ccncc3)o2)CCc2ccccc21. The van der Waals surface area contributed by atoms with Gasteiger partial charge in [-0.25, -0.2) is 0 Å². The molecule has 3 aromatic rings. The first-order valence-corrected chi connectivity index (χ1v) is 11.2. The lowest BCUT2D eigenvalue weighted by Gasteiger charge is -2.26. The molecule has 9 heteroatoms. The first-order valence-electron chi connectivity index (χ1n) is 10.3. The van der Waals surface area contributed by atoms with Crippen molar-refractivity contribution in [3.05, 3.63) is 54.4 Å². The lowest BCUT2D eigenvalue weighted by molar-refractivity contribution is -0.153. The number of pyridine rings is 1. The Hall–Kier alpha value is -3.20. The van der Waals surface area contributed by atoms with Gasteiger partial charge >= 0.3 is 5.97 Å². The quantitative estimate of drug-likeness (QED) is 0.537. The van der Waals surface area contributed by atoms with Crippen molar-refractivity contribution in [1.29, 1.82) is 0 Å². The minimum atomic E-state index is -0.632. The minimum absolute atomic E-state index is 0.156. The molecule has 1 aliphatic heterocycles. The molecule has 0 spiro atoms. The summed E-state index contributed by atoms with van der Waals surface area (Å²) in [5, 5.41) is 8.01. The predicted octanol–water partition coefficient (Wildman–Crippen LogP) is 3.91. The standard InChI is InChI=1S/C23H24N4O4S/c1-23(2,3)31-19(28)14-27-17-7-5-4-6-15(17)8-9-18(21(27)29)32-22-26-25-20(30-22)16-10-12-24-13-11-16/h4-7,10-13,18H,8-9,14H2,1-3H3/t18-/m0/s1. The van der Waals surface area contributed by atoms with E-state index in [1.807, 2.05) is 24.3 Å². The van der Waals surface area contributed by atoms with Gasteiger partial charge in [-0.3, -0.25) is 19.5 Å². The van der Waals surface area contributed by atoms with Gasteiger partial charge in [-0.05, 0) is 57.4 Å². The maximum Gasteiger partial charge on any atom is 0.326 e. The summed E-state index contributed by atoms with van der Waals surface area (Å²) >= 11 is 1.22. The number of aryl methyl sites for hydroxylation is 1. The van der Waals surface area contributed by atoms with E-state index in [2.05, 4.69) is 15.2 Å². The average molecular weight is 453 g/mol. The first-order chi connectivity index (χ1) is 15.3. The maximum atomic E-state index is 13.5. The Balaban J connectivity index is 1.56. The summed E-state index contributed by atoms with van der Waals surface area (Å²) in [7, 11) is 0. The summed E-state index contributed by atoms with van der Waals surface area (Å²) in [4.78, 5) is 31.5. The van der Waals surface area contributed by atoms with Gasteiger partial charge in [-0.15, -0.1) is 10.2 Å². The van der Waals surface area contributed by atoms with Gasteiger partial charge in [0.25, 0.3) is 5.22 Å². The molecule has 166 valence electrons. The highest BCUT2D eigenvalue weighted by Crippen LogP contribution is 2.35. The van der Waals surface area contributed by atoms with Crippen LogP contribution in [0.2, 0.25) is 0 Å². The van der Waals surface area contributed by atoms with E-state index < -0.39 is 16.8 Å². The van der Waals surface area contributed by atoms with Gasteiger partial charge in [0.15, 0.2) is 0 Å². The Kier molecular flexibility index (Phi) is 6.27. The Morgan fingerprint density at radius 2 is 1.94 bits per heavy atom. The van der Waals surface area contributed by atoms with Crippen molar-refractivity contribution in [3.63, 3.8) is 0 Å². The van der Waals surface area contributed by atoms with Crippen LogP contribution in [-0.2, 0) is 20.7 Å². The zero-order valence-electron chi connectivity index (χ0n) is 18.1. The van der Waals surface area contributed by atoms with Gasteiger partial charge in [0.2, 0.25) is 11.8 Å². The zero-order valence-corrected chi connectivity index (χ0v) is 19.0. The van der Waals surface area contributed by atoms with E-state index in [0.717, 1.165) is 16.8 Å². The number of para-hydroxylation sites is 1. The molecule has 3 heterocycles. The van der Waals surface area contributed by atoms with Crippen LogP contribution < -0.4 is 4.90 Å². The number of anilines is 1. The fourth-order valence-electron chi connectivity index (χ4n) is 3.45. The smallest absolute Gasteiger partial charge is 0.326 e. The summed E-state index contributed by atoms with van der Waals surface area (Å²) in [5.74, 6) is -0.275. The molecule has 2 aromatic heterocycles. The number of carbonyl (C=O) groups excluding carboxylic acids is 2. The van der Waals surface area contributed by atoms with Gasteiger partial charge in [0.05, 0.1) is 5.25 Å². The second-order valence-corrected chi connectivity index (χ2v) is 9.55. The largest absolute Gasteiger partial charge is 0.459 e. The molecule has 1 aromatic carbocycles. The van der Waals surface area contributed by atoms with Crippen molar-refractivity contribution in [1.82, 2.24) is 15.2 Å². The number of benzene rings is 1. The molecule has 0 saturated heterocycles. The van der Waals surface area contributed by atoms with Crippen LogP contribution in [0.4, 0.5) is 5.69 Å². The van der Waals surface area contributed by atoms with E-state index >= 15 is 0 Å². The highest BCUT2D eigenvalue weighted by atomic mass is 32.2. The Labute approximate surface area is 190 Å². The van der Waals surface area contributed by atoms with Gasteiger partial charge in [0, 0.05) is 23.6 Å². The van der Waals surface area contributed by atoms with Crippen LogP contribution in [0, 0.1) is 0 Å². The molecule has 0 aliphatic carbocycles. The van der Waals surface area contributed by atoms with E-state index in [0.29, 0.717) is 24.0 Å². The number of amides is 1. The van der Waals surface area contributed by atoms with Crippen molar-refractivity contribution in [3.8, 4) is 11.5 Å². The van der Waals surface area contributed by atoms with Gasteiger partial charge in [0.1, 0.15) is 12.1 Å². The third kappa shape index (κ3) is 5.16. The molecular formula is C23H24N4O4S. The molecule has 8 nitrogen and oxygen atoms in total. The maximum absolute atomic E-state index is 13.5. The van der Waals surface area contributed by atoms with E-state index in [1.165, 1.54) is 16.7 Å². The molecule has 0 N–H and O–H groups in total. The molecule has 4 rings (SSSR count). The fraction of sp³-hybridized carbons (Fsp3) is 0.348. The summed E-state index contributed by atoms with van der Waals surface area (Å²) in [6, 6.07) is 11.2. The van der Waals surface area contributed by atoms with Gasteiger partial charge < -0.3 is 9.15 Å². The number of thioether (sulfide) groups is 1. The van der Waals surface area contributed by atoms with Gasteiger partial charge in [-0.2, -0.15) is 0 Å². The third-order valence-corrected chi connectivity index (χ3v) is 5.87. The van der Waals surface area contributed by atoms with Crippen LogP contribution in [-0.4, -0.2) is 44.5 Å². The monoisotopic (exact) mass is 452 g/mol. The third-order valence-electron chi connectivity index (χ3n) is 4.78. The number of esters is 1. The molecule has 1 amide bonds. The van der Waals surface area contributed by atoms with Crippen LogP contribution in [0.1, 0.15) is 32.8 Å². The Bertz CT molecular complexity index is 1110. The molecule has 0 saturated carbocycles. The Morgan fingerprint density at radius 3 is 2.69 bits per heavy atom. The second-order valence-electron chi connectivity index (χ2n) is 8.39. The van der Waals surface area contributed by atoms with Crippen molar-refractivity contribution < 1.29 is 18.7 Å². The number of fused-ring (bicyclic) bond motifs is 1. The fourth-order valence-corrected chi connectivity index (χ4v) is 4.38. The van der Waals surface area contributed by atoms with Crippen molar-refractivity contribution >= 4 is 29.3 Å². The minimum Gasteiger partial charge on any atom is -0.459 e. The Morgan fingerprint density at radius 1 is 1.19 bits per heavy atom. The molecular weight excluding hydrogens is 428 g/mol. The number of rotatable bonds is 5. The van der Waals surface area contributed by atoms with Gasteiger partial charge in [-0.1, -0.05) is 30.0 Å². The number of carbonyl (C=O) groups is 2. The lowest BCUT2D eigenvalue weighted by atomic mass is 10.1. The van der Waals surface area contributed by atoms with E-state index in [4.69, 9.17) is 9.15 Å². The highest BCUT2D eigenvalue weighted by molar-refractivity contribution is 8.00. The molecule has 1 atom stereocenters. The number of hydrogen-bond donors (Lipinski definition) is 0. The second kappa shape index (κ2) is 9.12. The van der Waals surface area contributed by atoms with E-state index in [9.17, 15) is 9.59 Å². The van der Waals surface area contributed by atoms with Crippen LogP contribution in [0.5, 0.6) is 0 Å². The van der Waals surface area contributed by atoms with Crippen LogP contribution >= 0.6 is 11.8 Å². The van der Waals surface area contributed by atoms with E-state index in [1.54, 1.807) is 45.3 Å². The van der Waals surface area contributed by atoms with Crippen molar-refractivity contribution in [2.24, 2.45) is 0 Å². The number of ether oxygens (including phenoxy) is 1. The lowest BCUT2D eigenvalue weighted by Crippen LogP contribution is -2.42. The van der Waals surface area contributed by atoms with Crippen molar-refractivity contribution in [2.75, 3.05) is 11.4 Å². The van der Waals surface area contributed by atoms with Crippen LogP contribution in [0.15, 0.2) is 58.4 Å². The summed E-state index contributed by atoms with van der Waals surface area (Å²) in [6.45, 7) is 5.25. The molecule has 1 aliphatic rings. The first kappa shape index (κ1) is 22.0. The molecule has 0 fully saturated rings. The van der Waals surface area contributed by atoms with Crippen LogP contribution in [0.3, 0.4) is 0 Å². The summed E-state index contributed by atoms with van der Waals surface area (Å²) in [5.41, 5.74) is 1.86. The average Bonchev–Trinajstić information content (AvgIpc) is 3.18.